The third-order valence-corrected chi connectivity index (χ3v) is 6.63. The van der Waals surface area contributed by atoms with Gasteiger partial charge in [0.2, 0.25) is 5.89 Å². The first-order valence-corrected chi connectivity index (χ1v) is 10.5. The van der Waals surface area contributed by atoms with E-state index in [1.54, 1.807) is 17.4 Å². The Kier molecular flexibility index (Phi) is 4.53. The average molecular weight is 383 g/mol. The second-order valence-corrected chi connectivity index (χ2v) is 8.63. The Hall–Kier alpha value is -2.05. The fourth-order valence-corrected chi connectivity index (χ4v) is 4.96. The normalized spacial score (nSPS) is 16.7. The number of thiophene rings is 1. The van der Waals surface area contributed by atoms with E-state index in [1.165, 1.54) is 35.8 Å². The highest BCUT2D eigenvalue weighted by molar-refractivity contribution is 7.15. The maximum atomic E-state index is 14.0. The van der Waals surface area contributed by atoms with E-state index in [-0.39, 0.29) is 5.82 Å². The summed E-state index contributed by atoms with van der Waals surface area (Å²) in [7, 11) is 0. The molecule has 1 aromatic carbocycles. The molecular weight excluding hydrogens is 361 g/mol. The molecule has 3 aromatic rings. The first kappa shape index (κ1) is 17.1. The first-order valence-electron chi connectivity index (χ1n) is 9.68. The molecule has 140 valence electrons. The number of hydrogen-bond acceptors (Lipinski definition) is 5. The molecule has 2 aromatic heterocycles. The van der Waals surface area contributed by atoms with Crippen LogP contribution < -0.4 is 0 Å². The minimum absolute atomic E-state index is 0.154. The number of benzene rings is 1. The van der Waals surface area contributed by atoms with Crippen molar-refractivity contribution in [3.05, 3.63) is 58.0 Å². The van der Waals surface area contributed by atoms with Crippen LogP contribution in [-0.4, -0.2) is 21.1 Å². The quantitative estimate of drug-likeness (QED) is 0.602. The first-order chi connectivity index (χ1) is 13.3. The van der Waals surface area contributed by atoms with Gasteiger partial charge >= 0.3 is 0 Å². The fourth-order valence-electron chi connectivity index (χ4n) is 3.79. The van der Waals surface area contributed by atoms with Crippen molar-refractivity contribution in [2.45, 2.75) is 57.7 Å². The highest BCUT2D eigenvalue weighted by Crippen LogP contribution is 2.36. The van der Waals surface area contributed by atoms with E-state index in [0.717, 1.165) is 29.7 Å². The maximum absolute atomic E-state index is 14.0. The smallest absolute Gasteiger partial charge is 0.257 e. The second kappa shape index (κ2) is 7.17. The van der Waals surface area contributed by atoms with Gasteiger partial charge in [-0.1, -0.05) is 18.2 Å². The van der Waals surface area contributed by atoms with Gasteiger partial charge in [-0.05, 0) is 56.2 Å². The Morgan fingerprint density at radius 1 is 1.11 bits per heavy atom. The molecule has 0 spiro atoms. The van der Waals surface area contributed by atoms with Crippen molar-refractivity contribution in [3.8, 4) is 10.8 Å². The molecule has 4 nitrogen and oxygen atoms in total. The van der Waals surface area contributed by atoms with Crippen LogP contribution in [0.5, 0.6) is 0 Å². The van der Waals surface area contributed by atoms with Gasteiger partial charge in [0.05, 0.1) is 11.4 Å². The van der Waals surface area contributed by atoms with E-state index in [9.17, 15) is 4.39 Å². The lowest BCUT2D eigenvalue weighted by Gasteiger charge is -2.20. The number of hydrogen-bond donors (Lipinski definition) is 0. The topological polar surface area (TPSA) is 42.2 Å². The summed E-state index contributed by atoms with van der Waals surface area (Å²) in [5.74, 6) is 1.07. The van der Waals surface area contributed by atoms with Crippen LogP contribution >= 0.6 is 11.3 Å². The Bertz CT molecular complexity index is 923. The molecule has 0 radical (unpaired) electrons. The van der Waals surface area contributed by atoms with Gasteiger partial charge in [0.1, 0.15) is 5.82 Å². The summed E-state index contributed by atoms with van der Waals surface area (Å²) in [5, 5.41) is 8.55. The molecule has 5 rings (SSSR count). The van der Waals surface area contributed by atoms with Crippen LogP contribution in [0.3, 0.4) is 0 Å². The number of rotatable bonds is 6. The monoisotopic (exact) mass is 383 g/mol. The summed E-state index contributed by atoms with van der Waals surface area (Å²) in [6.45, 7) is 1.14. The van der Waals surface area contributed by atoms with Crippen LogP contribution in [0.4, 0.5) is 4.39 Å². The number of halogens is 1. The lowest BCUT2D eigenvalue weighted by molar-refractivity contribution is 0.218. The molecular formula is C21H22FN3OS. The highest BCUT2D eigenvalue weighted by Gasteiger charge is 2.31. The zero-order valence-corrected chi connectivity index (χ0v) is 16.0. The van der Waals surface area contributed by atoms with Crippen molar-refractivity contribution in [1.29, 1.82) is 0 Å². The third kappa shape index (κ3) is 3.69. The summed E-state index contributed by atoms with van der Waals surface area (Å²) in [6, 6.07) is 9.67. The summed E-state index contributed by atoms with van der Waals surface area (Å²) < 4.78 is 20.0. The molecule has 2 aliphatic rings. The molecule has 0 saturated heterocycles. The van der Waals surface area contributed by atoms with Crippen molar-refractivity contribution in [2.75, 3.05) is 0 Å². The van der Waals surface area contributed by atoms with Crippen LogP contribution in [0, 0.1) is 5.82 Å². The molecule has 27 heavy (non-hydrogen) atoms. The third-order valence-electron chi connectivity index (χ3n) is 5.41. The molecule has 1 fully saturated rings. The van der Waals surface area contributed by atoms with E-state index in [2.05, 4.69) is 21.2 Å². The Morgan fingerprint density at radius 2 is 1.96 bits per heavy atom. The molecule has 0 bridgehead atoms. The van der Waals surface area contributed by atoms with Crippen molar-refractivity contribution < 1.29 is 8.81 Å². The van der Waals surface area contributed by atoms with E-state index in [4.69, 9.17) is 4.42 Å². The predicted octanol–water partition coefficient (Wildman–Crippen LogP) is 4.98. The molecule has 0 N–H and O–H groups in total. The Morgan fingerprint density at radius 3 is 2.78 bits per heavy atom. The molecule has 2 heterocycles. The Labute approximate surface area is 162 Å². The van der Waals surface area contributed by atoms with Crippen LogP contribution in [0.1, 0.15) is 47.6 Å². The standard InChI is InChI=1S/C21H22FN3OS/c22-17-7-3-1-6-15(17)12-25(16-9-10-16)13-20-23-24-21(26-20)19-11-14-5-2-4-8-18(14)27-19/h1,3,6-7,11,16H,2,4-5,8-10,12-13H2. The van der Waals surface area contributed by atoms with E-state index >= 15 is 0 Å². The number of aromatic nitrogens is 2. The molecule has 0 atom stereocenters. The van der Waals surface area contributed by atoms with Gasteiger partial charge < -0.3 is 4.42 Å². The van der Waals surface area contributed by atoms with E-state index < -0.39 is 0 Å². The summed E-state index contributed by atoms with van der Waals surface area (Å²) in [4.78, 5) is 4.79. The SMILES string of the molecule is Fc1ccccc1CN(Cc1nnc(-c2cc3c(s2)CCCC3)o1)C1CC1. The summed E-state index contributed by atoms with van der Waals surface area (Å²) in [5.41, 5.74) is 2.16. The maximum Gasteiger partial charge on any atom is 0.257 e. The van der Waals surface area contributed by atoms with Gasteiger partial charge in [-0.2, -0.15) is 0 Å². The van der Waals surface area contributed by atoms with Gasteiger partial charge in [-0.15, -0.1) is 21.5 Å². The molecule has 6 heteroatoms. The van der Waals surface area contributed by atoms with Gasteiger partial charge in [0, 0.05) is 23.0 Å². The summed E-state index contributed by atoms with van der Waals surface area (Å²) in [6.07, 6.45) is 7.16. The molecule has 2 aliphatic carbocycles. The lowest BCUT2D eigenvalue weighted by atomic mass is 9.99. The number of aryl methyl sites for hydroxylation is 2. The number of nitrogens with zero attached hydrogens (tertiary/aromatic N) is 3. The highest BCUT2D eigenvalue weighted by atomic mass is 32.1. The van der Waals surface area contributed by atoms with Crippen molar-refractivity contribution in [2.24, 2.45) is 0 Å². The van der Waals surface area contributed by atoms with Crippen LogP contribution in [0.15, 0.2) is 34.7 Å². The zero-order valence-electron chi connectivity index (χ0n) is 15.2. The Balaban J connectivity index is 1.33. The minimum Gasteiger partial charge on any atom is -0.419 e. The van der Waals surface area contributed by atoms with Crippen molar-refractivity contribution in [3.63, 3.8) is 0 Å². The van der Waals surface area contributed by atoms with Gasteiger partial charge in [-0.25, -0.2) is 4.39 Å². The van der Waals surface area contributed by atoms with Crippen molar-refractivity contribution >= 4 is 11.3 Å². The van der Waals surface area contributed by atoms with Gasteiger partial charge in [0.25, 0.3) is 5.89 Å². The van der Waals surface area contributed by atoms with Crippen LogP contribution in [0.25, 0.3) is 10.8 Å². The molecule has 0 unspecified atom stereocenters. The van der Waals surface area contributed by atoms with Crippen LogP contribution in [0.2, 0.25) is 0 Å². The number of fused-ring (bicyclic) bond motifs is 1. The fraction of sp³-hybridized carbons (Fsp3) is 0.429. The predicted molar refractivity (Wildman–Crippen MR) is 103 cm³/mol. The summed E-state index contributed by atoms with van der Waals surface area (Å²) >= 11 is 1.78. The van der Waals surface area contributed by atoms with E-state index in [0.29, 0.717) is 30.9 Å². The molecule has 0 aliphatic heterocycles. The van der Waals surface area contributed by atoms with Gasteiger partial charge in [-0.3, -0.25) is 4.90 Å². The zero-order chi connectivity index (χ0) is 18.2. The molecule has 0 amide bonds. The van der Waals surface area contributed by atoms with Crippen LogP contribution in [-0.2, 0) is 25.9 Å². The second-order valence-electron chi connectivity index (χ2n) is 7.49. The largest absolute Gasteiger partial charge is 0.419 e. The molecule has 1 saturated carbocycles. The van der Waals surface area contributed by atoms with Gasteiger partial charge in [0.15, 0.2) is 0 Å². The average Bonchev–Trinajstić information content (AvgIpc) is 3.26. The minimum atomic E-state index is -0.154. The lowest BCUT2D eigenvalue weighted by Crippen LogP contribution is -2.25. The van der Waals surface area contributed by atoms with E-state index in [1.807, 2.05) is 12.1 Å². The van der Waals surface area contributed by atoms with Crippen molar-refractivity contribution in [1.82, 2.24) is 15.1 Å².